The molecule has 0 amide bonds. The number of ether oxygens (including phenoxy) is 1. The van der Waals surface area contributed by atoms with Crippen molar-refractivity contribution in [3.63, 3.8) is 0 Å². The quantitative estimate of drug-likeness (QED) is 0.453. The summed E-state index contributed by atoms with van der Waals surface area (Å²) < 4.78 is 6.40. The minimum absolute atomic E-state index is 0.0744. The third kappa shape index (κ3) is 2.31. The molecule has 2 saturated carbocycles. The third-order valence-corrected chi connectivity index (χ3v) is 8.14. The average Bonchev–Trinajstić information content (AvgIpc) is 2.50. The molecule has 1 heterocycles. The van der Waals surface area contributed by atoms with Gasteiger partial charge in [0.2, 0.25) is 11.6 Å². The van der Waals surface area contributed by atoms with E-state index in [2.05, 4.69) is 27.7 Å². The van der Waals surface area contributed by atoms with Crippen LogP contribution in [-0.2, 0) is 14.3 Å². The molecule has 4 heteroatoms. The molecule has 0 radical (unpaired) electrons. The number of ketones is 2. The lowest BCUT2D eigenvalue weighted by atomic mass is 9.44. The van der Waals surface area contributed by atoms with E-state index >= 15 is 0 Å². The zero-order chi connectivity index (χ0) is 18.2. The van der Waals surface area contributed by atoms with Crippen LogP contribution in [0.1, 0.15) is 66.2 Å². The number of allylic oxidation sites excluding steroid dienone is 3. The topological polar surface area (TPSA) is 43.4 Å². The van der Waals surface area contributed by atoms with Crippen molar-refractivity contribution in [3.8, 4) is 0 Å². The summed E-state index contributed by atoms with van der Waals surface area (Å²) in [6.45, 7) is 9.42. The van der Waals surface area contributed by atoms with Crippen LogP contribution in [0, 0.1) is 22.7 Å². The van der Waals surface area contributed by atoms with Gasteiger partial charge in [0, 0.05) is 17.6 Å². The van der Waals surface area contributed by atoms with Gasteiger partial charge in [-0.25, -0.2) is 0 Å². The van der Waals surface area contributed by atoms with E-state index < -0.39 is 11.6 Å². The molecule has 4 atom stereocenters. The predicted octanol–water partition coefficient (Wildman–Crippen LogP) is 4.94. The molecule has 136 valence electrons. The standard InChI is InChI=1S/C21H27ClO3/c1-19(2)7-5-8-20(3)15(19)6-9-21(4)16(20)10-12-14(25-21)11-13(23)18(24)17(12)22/h11,15-16H,5-10H2,1-4H3/t15-,16+,20-,21+/m0/s1. The molecule has 0 spiro atoms. The summed E-state index contributed by atoms with van der Waals surface area (Å²) >= 11 is 6.28. The Morgan fingerprint density at radius 2 is 1.80 bits per heavy atom. The van der Waals surface area contributed by atoms with E-state index in [1.165, 1.54) is 25.3 Å². The number of carbonyl (C=O) groups is 2. The second kappa shape index (κ2) is 5.22. The molecule has 4 rings (SSSR count). The van der Waals surface area contributed by atoms with Gasteiger partial charge in [-0.05, 0) is 55.8 Å². The van der Waals surface area contributed by atoms with E-state index in [4.69, 9.17) is 16.3 Å². The van der Waals surface area contributed by atoms with Crippen molar-refractivity contribution in [3.05, 3.63) is 22.4 Å². The van der Waals surface area contributed by atoms with Crippen LogP contribution < -0.4 is 0 Å². The lowest BCUT2D eigenvalue weighted by molar-refractivity contribution is -0.184. The van der Waals surface area contributed by atoms with Gasteiger partial charge in [0.05, 0.1) is 5.03 Å². The Balaban J connectivity index is 1.79. The minimum atomic E-state index is -0.589. The van der Waals surface area contributed by atoms with Crippen molar-refractivity contribution < 1.29 is 14.3 Å². The summed E-state index contributed by atoms with van der Waals surface area (Å²) in [5.41, 5.74) is 0.973. The van der Waals surface area contributed by atoms with Gasteiger partial charge in [-0.3, -0.25) is 9.59 Å². The zero-order valence-electron chi connectivity index (χ0n) is 15.6. The van der Waals surface area contributed by atoms with E-state index in [9.17, 15) is 9.59 Å². The Kier molecular flexibility index (Phi) is 3.62. The molecule has 4 aliphatic rings. The highest BCUT2D eigenvalue weighted by Gasteiger charge is 2.61. The van der Waals surface area contributed by atoms with Gasteiger partial charge in [0.15, 0.2) is 0 Å². The van der Waals surface area contributed by atoms with Gasteiger partial charge in [-0.1, -0.05) is 38.8 Å². The summed E-state index contributed by atoms with van der Waals surface area (Å²) in [6, 6.07) is 0. The van der Waals surface area contributed by atoms with E-state index in [0.717, 1.165) is 24.8 Å². The van der Waals surface area contributed by atoms with Crippen LogP contribution in [0.5, 0.6) is 0 Å². The van der Waals surface area contributed by atoms with Gasteiger partial charge < -0.3 is 4.74 Å². The SMILES string of the molecule is CC1(C)CCC[C@]2(C)[C@H]3CC4=C(Cl)C(=O)C(=O)C=C4O[C@]3(C)CC[C@@H]12. The molecule has 3 aliphatic carbocycles. The number of Topliss-reactive ketones (excluding diaryl/α,β-unsaturated/α-hetero) is 1. The molecule has 1 aliphatic heterocycles. The first kappa shape index (κ1) is 17.3. The number of rotatable bonds is 0. The minimum Gasteiger partial charge on any atom is -0.487 e. The molecule has 1 saturated heterocycles. The predicted molar refractivity (Wildman–Crippen MR) is 97.0 cm³/mol. The van der Waals surface area contributed by atoms with E-state index in [1.54, 1.807) is 0 Å². The lowest BCUT2D eigenvalue weighted by Gasteiger charge is -2.63. The summed E-state index contributed by atoms with van der Waals surface area (Å²) in [7, 11) is 0. The Morgan fingerprint density at radius 1 is 1.08 bits per heavy atom. The van der Waals surface area contributed by atoms with Crippen LogP contribution in [0.15, 0.2) is 22.4 Å². The Morgan fingerprint density at radius 3 is 2.52 bits per heavy atom. The van der Waals surface area contributed by atoms with Crippen LogP contribution >= 0.6 is 11.6 Å². The van der Waals surface area contributed by atoms with Crippen LogP contribution in [0.4, 0.5) is 0 Å². The lowest BCUT2D eigenvalue weighted by Crippen LogP contribution is -2.60. The van der Waals surface area contributed by atoms with Crippen molar-refractivity contribution in [2.45, 2.75) is 71.8 Å². The van der Waals surface area contributed by atoms with E-state index in [-0.39, 0.29) is 16.0 Å². The Hall–Kier alpha value is -1.09. The van der Waals surface area contributed by atoms with Crippen LogP contribution in [0.25, 0.3) is 0 Å². The maximum Gasteiger partial charge on any atom is 0.244 e. The largest absolute Gasteiger partial charge is 0.487 e. The number of carbonyl (C=O) groups excluding carboxylic acids is 2. The maximum absolute atomic E-state index is 12.0. The van der Waals surface area contributed by atoms with E-state index in [1.807, 2.05) is 0 Å². The highest BCUT2D eigenvalue weighted by atomic mass is 35.5. The molecule has 3 fully saturated rings. The van der Waals surface area contributed by atoms with Gasteiger partial charge in [-0.2, -0.15) is 0 Å². The highest BCUT2D eigenvalue weighted by molar-refractivity contribution is 6.61. The second-order valence-electron chi connectivity index (χ2n) is 9.61. The summed E-state index contributed by atoms with van der Waals surface area (Å²) in [4.78, 5) is 23.9. The number of hydrogen-bond acceptors (Lipinski definition) is 3. The molecule has 0 aromatic heterocycles. The third-order valence-electron chi connectivity index (χ3n) is 7.74. The molecule has 25 heavy (non-hydrogen) atoms. The number of halogens is 1. The molecule has 0 aromatic carbocycles. The van der Waals surface area contributed by atoms with Crippen LogP contribution in [0.3, 0.4) is 0 Å². The van der Waals surface area contributed by atoms with Crippen LogP contribution in [-0.4, -0.2) is 17.2 Å². The van der Waals surface area contributed by atoms with Gasteiger partial charge in [0.1, 0.15) is 11.4 Å². The molecule has 0 unspecified atom stereocenters. The number of hydrogen-bond donors (Lipinski definition) is 0. The summed E-state index contributed by atoms with van der Waals surface area (Å²) in [5.74, 6) is 0.352. The van der Waals surface area contributed by atoms with Gasteiger partial charge in [0.25, 0.3) is 0 Å². The summed E-state index contributed by atoms with van der Waals surface area (Å²) in [6.07, 6.45) is 7.95. The Labute approximate surface area is 154 Å². The van der Waals surface area contributed by atoms with Gasteiger partial charge in [-0.15, -0.1) is 0 Å². The first-order valence-corrected chi connectivity index (χ1v) is 9.85. The monoisotopic (exact) mass is 362 g/mol. The maximum atomic E-state index is 12.0. The van der Waals surface area contributed by atoms with Crippen molar-refractivity contribution in [2.75, 3.05) is 0 Å². The fraction of sp³-hybridized carbons (Fsp3) is 0.714. The molecule has 0 N–H and O–H groups in total. The molecular formula is C21H27ClO3. The van der Waals surface area contributed by atoms with Crippen LogP contribution in [0.2, 0.25) is 0 Å². The van der Waals surface area contributed by atoms with E-state index in [0.29, 0.717) is 23.0 Å². The number of fused-ring (bicyclic) bond motifs is 4. The molecule has 3 nitrogen and oxygen atoms in total. The Bertz CT molecular complexity index is 731. The average molecular weight is 363 g/mol. The fourth-order valence-corrected chi connectivity index (χ4v) is 6.80. The fourth-order valence-electron chi connectivity index (χ4n) is 6.54. The normalized spacial score (nSPS) is 42.8. The molecule has 0 aromatic rings. The first-order chi connectivity index (χ1) is 11.6. The van der Waals surface area contributed by atoms with Crippen molar-refractivity contribution in [1.29, 1.82) is 0 Å². The smallest absolute Gasteiger partial charge is 0.244 e. The van der Waals surface area contributed by atoms with Crippen molar-refractivity contribution in [2.24, 2.45) is 22.7 Å². The highest BCUT2D eigenvalue weighted by Crippen LogP contribution is 2.65. The summed E-state index contributed by atoms with van der Waals surface area (Å²) in [5, 5.41) is 0.0744. The second-order valence-corrected chi connectivity index (χ2v) is 9.98. The molecular weight excluding hydrogens is 336 g/mol. The van der Waals surface area contributed by atoms with Gasteiger partial charge >= 0.3 is 0 Å². The van der Waals surface area contributed by atoms with Crippen molar-refractivity contribution >= 4 is 23.2 Å². The van der Waals surface area contributed by atoms with Crippen molar-refractivity contribution in [1.82, 2.24) is 0 Å². The molecule has 0 bridgehead atoms. The first-order valence-electron chi connectivity index (χ1n) is 9.47. The zero-order valence-corrected chi connectivity index (χ0v) is 16.3.